The Bertz CT molecular complexity index is 476. The van der Waals surface area contributed by atoms with Gasteiger partial charge >= 0.3 is 5.51 Å². The summed E-state index contributed by atoms with van der Waals surface area (Å²) in [6, 6.07) is 5.97. The van der Waals surface area contributed by atoms with Gasteiger partial charge in [-0.1, -0.05) is 12.1 Å². The molecule has 1 saturated heterocycles. The second kappa shape index (κ2) is 7.17. The number of alkyl halides is 3. The molecule has 0 spiro atoms. The van der Waals surface area contributed by atoms with Gasteiger partial charge in [-0.3, -0.25) is 4.79 Å². The summed E-state index contributed by atoms with van der Waals surface area (Å²) in [4.78, 5) is 11.9. The summed E-state index contributed by atoms with van der Waals surface area (Å²) in [5, 5.41) is 5.99. The molecule has 1 fully saturated rings. The molecule has 0 aliphatic carbocycles. The van der Waals surface area contributed by atoms with Crippen LogP contribution in [0.4, 0.5) is 13.2 Å². The minimum absolute atomic E-state index is 0.00301. The first-order chi connectivity index (χ1) is 9.94. The topological polar surface area (TPSA) is 41.1 Å². The molecule has 1 unspecified atom stereocenters. The van der Waals surface area contributed by atoms with Crippen molar-refractivity contribution in [1.29, 1.82) is 0 Å². The number of nitrogens with one attached hydrogen (secondary N) is 2. The zero-order valence-corrected chi connectivity index (χ0v) is 12.2. The first-order valence-corrected chi connectivity index (χ1v) is 7.61. The molecule has 3 nitrogen and oxygen atoms in total. The quantitative estimate of drug-likeness (QED) is 0.839. The maximum Gasteiger partial charge on any atom is 0.446 e. The fourth-order valence-corrected chi connectivity index (χ4v) is 2.72. The Hall–Kier alpha value is -1.21. The molecule has 2 N–H and O–H groups in total. The Morgan fingerprint density at radius 1 is 1.24 bits per heavy atom. The summed E-state index contributed by atoms with van der Waals surface area (Å²) in [6.45, 7) is 1.18. The van der Waals surface area contributed by atoms with Crippen LogP contribution in [0.1, 0.15) is 24.8 Å². The highest BCUT2D eigenvalue weighted by Crippen LogP contribution is 2.36. The fourth-order valence-electron chi connectivity index (χ4n) is 2.18. The van der Waals surface area contributed by atoms with E-state index in [1.54, 1.807) is 12.1 Å². The van der Waals surface area contributed by atoms with Crippen LogP contribution in [0, 0.1) is 0 Å². The Morgan fingerprint density at radius 2 is 1.95 bits per heavy atom. The number of rotatable bonds is 4. The van der Waals surface area contributed by atoms with Crippen molar-refractivity contribution in [1.82, 2.24) is 10.6 Å². The molecule has 2 rings (SSSR count). The Balaban J connectivity index is 1.87. The number of amides is 1. The van der Waals surface area contributed by atoms with Gasteiger partial charge in [0.25, 0.3) is 0 Å². The van der Waals surface area contributed by atoms with Crippen molar-refractivity contribution >= 4 is 17.7 Å². The van der Waals surface area contributed by atoms with Crippen LogP contribution >= 0.6 is 11.8 Å². The van der Waals surface area contributed by atoms with Crippen LogP contribution in [0.3, 0.4) is 0 Å². The van der Waals surface area contributed by atoms with E-state index in [0.717, 1.165) is 24.8 Å². The highest BCUT2D eigenvalue weighted by atomic mass is 32.2. The van der Waals surface area contributed by atoms with Crippen molar-refractivity contribution in [2.24, 2.45) is 0 Å². The van der Waals surface area contributed by atoms with Gasteiger partial charge in [0.2, 0.25) is 5.91 Å². The zero-order valence-electron chi connectivity index (χ0n) is 11.4. The second-order valence-corrected chi connectivity index (χ2v) is 6.05. The number of hydrogen-bond donors (Lipinski definition) is 2. The lowest BCUT2D eigenvalue weighted by Crippen LogP contribution is -2.42. The van der Waals surface area contributed by atoms with Crippen molar-refractivity contribution in [3.8, 4) is 0 Å². The normalized spacial score (nSPS) is 20.0. The standard InChI is InChI=1S/C14H17F3N2OS/c15-14(16,17)21-11-6-4-10(5-7-11)9-19-12-3-1-2-8-18-13(12)20/h4-7,12,19H,1-3,8-9H2,(H,18,20). The minimum Gasteiger partial charge on any atom is -0.355 e. The third-order valence-corrected chi connectivity index (χ3v) is 3.98. The fraction of sp³-hybridized carbons (Fsp3) is 0.500. The third kappa shape index (κ3) is 5.59. The van der Waals surface area contributed by atoms with Crippen molar-refractivity contribution in [2.75, 3.05) is 6.54 Å². The SMILES string of the molecule is O=C1NCCCCC1NCc1ccc(SC(F)(F)F)cc1. The van der Waals surface area contributed by atoms with E-state index in [4.69, 9.17) is 0 Å². The lowest BCUT2D eigenvalue weighted by atomic mass is 10.1. The lowest BCUT2D eigenvalue weighted by molar-refractivity contribution is -0.122. The monoisotopic (exact) mass is 318 g/mol. The van der Waals surface area contributed by atoms with Crippen LogP contribution in [0.2, 0.25) is 0 Å². The molecule has 1 aromatic carbocycles. The van der Waals surface area contributed by atoms with Gasteiger partial charge in [0, 0.05) is 18.0 Å². The highest BCUT2D eigenvalue weighted by Gasteiger charge is 2.29. The molecule has 1 heterocycles. The Labute approximate surface area is 125 Å². The predicted molar refractivity (Wildman–Crippen MR) is 75.8 cm³/mol. The number of hydrogen-bond acceptors (Lipinski definition) is 3. The van der Waals surface area contributed by atoms with E-state index in [0.29, 0.717) is 13.1 Å². The van der Waals surface area contributed by atoms with E-state index in [9.17, 15) is 18.0 Å². The minimum atomic E-state index is -4.27. The van der Waals surface area contributed by atoms with Gasteiger partial charge in [0.1, 0.15) is 0 Å². The first-order valence-electron chi connectivity index (χ1n) is 6.80. The molecule has 1 aromatic rings. The van der Waals surface area contributed by atoms with E-state index in [1.165, 1.54) is 12.1 Å². The summed E-state index contributed by atoms with van der Waals surface area (Å²) in [5.41, 5.74) is -3.41. The maximum atomic E-state index is 12.2. The summed E-state index contributed by atoms with van der Waals surface area (Å²) in [7, 11) is 0. The van der Waals surface area contributed by atoms with E-state index >= 15 is 0 Å². The smallest absolute Gasteiger partial charge is 0.355 e. The van der Waals surface area contributed by atoms with E-state index in [-0.39, 0.29) is 28.6 Å². The molecule has 1 aliphatic rings. The Kier molecular flexibility index (Phi) is 5.52. The van der Waals surface area contributed by atoms with Gasteiger partial charge < -0.3 is 10.6 Å². The van der Waals surface area contributed by atoms with Crippen LogP contribution in [0.25, 0.3) is 0 Å². The van der Waals surface area contributed by atoms with Gasteiger partial charge in [-0.15, -0.1) is 0 Å². The van der Waals surface area contributed by atoms with Gasteiger partial charge in [-0.05, 0) is 48.7 Å². The van der Waals surface area contributed by atoms with Crippen LogP contribution in [0.5, 0.6) is 0 Å². The van der Waals surface area contributed by atoms with Crippen LogP contribution in [0.15, 0.2) is 29.2 Å². The van der Waals surface area contributed by atoms with Gasteiger partial charge in [-0.2, -0.15) is 13.2 Å². The van der Waals surface area contributed by atoms with Crippen LogP contribution in [-0.2, 0) is 11.3 Å². The van der Waals surface area contributed by atoms with Gasteiger partial charge in [-0.25, -0.2) is 0 Å². The van der Waals surface area contributed by atoms with Crippen LogP contribution in [-0.4, -0.2) is 24.0 Å². The van der Waals surface area contributed by atoms with Gasteiger partial charge in [0.05, 0.1) is 6.04 Å². The molecule has 1 atom stereocenters. The molecule has 21 heavy (non-hydrogen) atoms. The summed E-state index contributed by atoms with van der Waals surface area (Å²) < 4.78 is 36.7. The van der Waals surface area contributed by atoms with E-state index in [2.05, 4.69) is 10.6 Å². The summed E-state index contributed by atoms with van der Waals surface area (Å²) in [6.07, 6.45) is 2.75. The maximum absolute atomic E-state index is 12.2. The number of carbonyl (C=O) groups is 1. The molecule has 1 aliphatic heterocycles. The van der Waals surface area contributed by atoms with Crippen molar-refractivity contribution in [3.05, 3.63) is 29.8 Å². The molecular formula is C14H17F3N2OS. The molecule has 116 valence electrons. The number of benzene rings is 1. The number of thioether (sulfide) groups is 1. The van der Waals surface area contributed by atoms with E-state index < -0.39 is 5.51 Å². The lowest BCUT2D eigenvalue weighted by Gasteiger charge is -2.15. The second-order valence-electron chi connectivity index (χ2n) is 4.91. The molecule has 0 bridgehead atoms. The number of halogens is 3. The molecule has 1 amide bonds. The zero-order chi connectivity index (χ0) is 15.3. The van der Waals surface area contributed by atoms with Crippen LogP contribution < -0.4 is 10.6 Å². The molecule has 0 saturated carbocycles. The molecule has 0 aromatic heterocycles. The number of carbonyl (C=O) groups excluding carboxylic acids is 1. The predicted octanol–water partition coefficient (Wildman–Crippen LogP) is 3.06. The highest BCUT2D eigenvalue weighted by molar-refractivity contribution is 8.00. The molecule has 7 heteroatoms. The van der Waals surface area contributed by atoms with Crippen molar-refractivity contribution in [2.45, 2.75) is 42.3 Å². The van der Waals surface area contributed by atoms with Gasteiger partial charge in [0.15, 0.2) is 0 Å². The average molecular weight is 318 g/mol. The third-order valence-electron chi connectivity index (χ3n) is 3.24. The molecular weight excluding hydrogens is 301 g/mol. The molecule has 0 radical (unpaired) electrons. The van der Waals surface area contributed by atoms with Crippen molar-refractivity contribution < 1.29 is 18.0 Å². The summed E-state index contributed by atoms with van der Waals surface area (Å²) in [5.74, 6) is -0.00301. The Morgan fingerprint density at radius 3 is 2.62 bits per heavy atom. The summed E-state index contributed by atoms with van der Waals surface area (Å²) >= 11 is -0.126. The van der Waals surface area contributed by atoms with E-state index in [1.807, 2.05) is 0 Å². The van der Waals surface area contributed by atoms with Crippen molar-refractivity contribution in [3.63, 3.8) is 0 Å². The first kappa shape index (κ1) is 16.2. The largest absolute Gasteiger partial charge is 0.446 e. The average Bonchev–Trinajstić information content (AvgIpc) is 2.61.